The van der Waals surface area contributed by atoms with Gasteiger partial charge in [-0.25, -0.2) is 0 Å². The number of hydrogen-bond acceptors (Lipinski definition) is 1. The molecule has 0 amide bonds. The molecular formula is C15H16O. The van der Waals surface area contributed by atoms with E-state index in [-0.39, 0.29) is 5.41 Å². The monoisotopic (exact) mass is 212 g/mol. The fourth-order valence-electron chi connectivity index (χ4n) is 3.16. The first-order chi connectivity index (χ1) is 7.69. The van der Waals surface area contributed by atoms with Crippen LogP contribution in [0, 0.1) is 11.3 Å². The molecule has 2 aliphatic carbocycles. The van der Waals surface area contributed by atoms with E-state index in [0.29, 0.717) is 11.7 Å². The summed E-state index contributed by atoms with van der Waals surface area (Å²) < 4.78 is 0. The van der Waals surface area contributed by atoms with Gasteiger partial charge in [0.2, 0.25) is 0 Å². The van der Waals surface area contributed by atoms with Crippen molar-refractivity contribution in [2.24, 2.45) is 11.3 Å². The Bertz CT molecular complexity index is 458. The molecule has 2 unspecified atom stereocenters. The van der Waals surface area contributed by atoms with Crippen LogP contribution in [0.2, 0.25) is 0 Å². The predicted octanol–water partition coefficient (Wildman–Crippen LogP) is 3.46. The number of hydrogen-bond donors (Lipinski definition) is 0. The molecule has 2 bridgehead atoms. The minimum Gasteiger partial charge on any atom is -0.294 e. The second-order valence-corrected chi connectivity index (χ2v) is 5.34. The molecule has 0 aromatic heterocycles. The molecule has 0 spiro atoms. The van der Waals surface area contributed by atoms with Crippen LogP contribution in [0.1, 0.15) is 31.7 Å². The van der Waals surface area contributed by atoms with Gasteiger partial charge in [-0.3, -0.25) is 4.79 Å². The number of benzene rings is 1. The average molecular weight is 212 g/mol. The fraction of sp³-hybridized carbons (Fsp3) is 0.400. The highest BCUT2D eigenvalue weighted by Gasteiger charge is 2.51. The van der Waals surface area contributed by atoms with Crippen LogP contribution in [0.4, 0.5) is 0 Å². The molecule has 0 N–H and O–H groups in total. The van der Waals surface area contributed by atoms with Gasteiger partial charge in [-0.15, -0.1) is 0 Å². The van der Waals surface area contributed by atoms with Crippen LogP contribution in [0.25, 0.3) is 6.08 Å². The molecule has 2 atom stereocenters. The highest BCUT2D eigenvalue weighted by Crippen LogP contribution is 2.54. The van der Waals surface area contributed by atoms with Gasteiger partial charge in [0.25, 0.3) is 0 Å². The number of fused-ring (bicyclic) bond motifs is 2. The van der Waals surface area contributed by atoms with E-state index in [4.69, 9.17) is 0 Å². The Morgan fingerprint density at radius 2 is 2.06 bits per heavy atom. The van der Waals surface area contributed by atoms with Crippen LogP contribution < -0.4 is 0 Å². The van der Waals surface area contributed by atoms with Crippen molar-refractivity contribution in [3.05, 3.63) is 41.5 Å². The summed E-state index contributed by atoms with van der Waals surface area (Å²) in [7, 11) is 0. The molecule has 0 saturated heterocycles. The van der Waals surface area contributed by atoms with Gasteiger partial charge < -0.3 is 0 Å². The van der Waals surface area contributed by atoms with Gasteiger partial charge in [-0.2, -0.15) is 0 Å². The van der Waals surface area contributed by atoms with Gasteiger partial charge in [0.1, 0.15) is 0 Å². The molecule has 2 aliphatic rings. The SMILES string of the molecule is CC12CCC(C1)C(=Cc1ccccc1)C2=O. The third kappa shape index (κ3) is 1.35. The minimum atomic E-state index is -0.0364. The number of rotatable bonds is 1. The van der Waals surface area contributed by atoms with Gasteiger partial charge in [0, 0.05) is 5.41 Å². The van der Waals surface area contributed by atoms with E-state index in [2.05, 4.69) is 25.1 Å². The average Bonchev–Trinajstić information content (AvgIpc) is 2.78. The summed E-state index contributed by atoms with van der Waals surface area (Å²) >= 11 is 0. The molecule has 1 aromatic rings. The Kier molecular flexibility index (Phi) is 2.03. The molecule has 3 rings (SSSR count). The van der Waals surface area contributed by atoms with Gasteiger partial charge in [0.05, 0.1) is 0 Å². The lowest BCUT2D eigenvalue weighted by atomic mass is 9.83. The van der Waals surface area contributed by atoms with E-state index in [0.717, 1.165) is 24.0 Å². The van der Waals surface area contributed by atoms with E-state index in [1.165, 1.54) is 6.42 Å². The van der Waals surface area contributed by atoms with E-state index >= 15 is 0 Å². The first-order valence-electron chi connectivity index (χ1n) is 6.00. The third-order valence-corrected chi connectivity index (χ3v) is 4.11. The number of carbonyl (C=O) groups excluding carboxylic acids is 1. The quantitative estimate of drug-likeness (QED) is 0.651. The maximum atomic E-state index is 12.2. The summed E-state index contributed by atoms with van der Waals surface area (Å²) in [6.45, 7) is 2.13. The summed E-state index contributed by atoms with van der Waals surface area (Å²) in [5.41, 5.74) is 2.19. The molecule has 0 heterocycles. The number of ketones is 1. The van der Waals surface area contributed by atoms with Crippen LogP contribution in [-0.4, -0.2) is 5.78 Å². The summed E-state index contributed by atoms with van der Waals surface area (Å²) in [5.74, 6) is 0.922. The van der Waals surface area contributed by atoms with Gasteiger partial charge >= 0.3 is 0 Å². The molecule has 1 nitrogen and oxygen atoms in total. The van der Waals surface area contributed by atoms with Gasteiger partial charge in [-0.05, 0) is 42.4 Å². The van der Waals surface area contributed by atoms with Crippen molar-refractivity contribution in [1.82, 2.24) is 0 Å². The lowest BCUT2D eigenvalue weighted by molar-refractivity contribution is -0.122. The van der Waals surface area contributed by atoms with Crippen LogP contribution in [0.3, 0.4) is 0 Å². The second kappa shape index (κ2) is 3.31. The highest BCUT2D eigenvalue weighted by atomic mass is 16.1. The van der Waals surface area contributed by atoms with E-state index in [9.17, 15) is 4.79 Å². The Morgan fingerprint density at radius 1 is 1.31 bits per heavy atom. The first-order valence-corrected chi connectivity index (χ1v) is 6.00. The number of carbonyl (C=O) groups is 1. The molecule has 16 heavy (non-hydrogen) atoms. The maximum Gasteiger partial charge on any atom is 0.165 e. The van der Waals surface area contributed by atoms with Crippen LogP contribution >= 0.6 is 0 Å². The standard InChI is InChI=1S/C15H16O/c1-15-8-7-12(10-15)13(14(15)16)9-11-5-3-2-4-6-11/h2-6,9,12H,7-8,10H2,1H3. The molecule has 2 fully saturated rings. The Labute approximate surface area is 96.2 Å². The van der Waals surface area contributed by atoms with Crippen LogP contribution in [0.5, 0.6) is 0 Å². The Balaban J connectivity index is 1.98. The van der Waals surface area contributed by atoms with Crippen molar-refractivity contribution in [3.63, 3.8) is 0 Å². The summed E-state index contributed by atoms with van der Waals surface area (Å²) in [5, 5.41) is 0. The van der Waals surface area contributed by atoms with Crippen LogP contribution in [0.15, 0.2) is 35.9 Å². The largest absolute Gasteiger partial charge is 0.294 e. The zero-order valence-corrected chi connectivity index (χ0v) is 9.57. The summed E-state index contributed by atoms with van der Waals surface area (Å²) in [6, 6.07) is 10.2. The zero-order chi connectivity index (χ0) is 11.2. The second-order valence-electron chi connectivity index (χ2n) is 5.34. The maximum absolute atomic E-state index is 12.2. The fourth-order valence-corrected chi connectivity index (χ4v) is 3.16. The normalized spacial score (nSPS) is 34.9. The van der Waals surface area contributed by atoms with E-state index in [1.807, 2.05) is 18.2 Å². The third-order valence-electron chi connectivity index (χ3n) is 4.11. The molecular weight excluding hydrogens is 196 g/mol. The Morgan fingerprint density at radius 3 is 2.69 bits per heavy atom. The van der Waals surface area contributed by atoms with Gasteiger partial charge in [0.15, 0.2) is 5.78 Å². The summed E-state index contributed by atoms with van der Waals surface area (Å²) in [6.07, 6.45) is 5.45. The lowest BCUT2D eigenvalue weighted by Crippen LogP contribution is -2.22. The molecule has 82 valence electrons. The van der Waals surface area contributed by atoms with Crippen molar-refractivity contribution in [2.45, 2.75) is 26.2 Å². The smallest absolute Gasteiger partial charge is 0.165 e. The topological polar surface area (TPSA) is 17.1 Å². The molecule has 0 radical (unpaired) electrons. The minimum absolute atomic E-state index is 0.0364. The highest BCUT2D eigenvalue weighted by molar-refractivity contribution is 6.06. The van der Waals surface area contributed by atoms with Crippen molar-refractivity contribution >= 4 is 11.9 Å². The van der Waals surface area contributed by atoms with E-state index in [1.54, 1.807) is 0 Å². The van der Waals surface area contributed by atoms with Crippen LogP contribution in [-0.2, 0) is 4.79 Å². The van der Waals surface area contributed by atoms with E-state index < -0.39 is 0 Å². The lowest BCUT2D eigenvalue weighted by Gasteiger charge is -2.19. The van der Waals surface area contributed by atoms with Gasteiger partial charge in [-0.1, -0.05) is 37.3 Å². The molecule has 0 aliphatic heterocycles. The van der Waals surface area contributed by atoms with Crippen molar-refractivity contribution in [2.75, 3.05) is 0 Å². The number of Topliss-reactive ketones (excluding diaryl/α,β-unsaturated/α-hetero) is 1. The van der Waals surface area contributed by atoms with Crippen molar-refractivity contribution in [1.29, 1.82) is 0 Å². The molecule has 2 saturated carbocycles. The number of allylic oxidation sites excluding steroid dienone is 1. The summed E-state index contributed by atoms with van der Waals surface area (Å²) in [4.78, 5) is 12.2. The first kappa shape index (κ1) is 9.83. The molecule has 1 heteroatoms. The van der Waals surface area contributed by atoms with Crippen molar-refractivity contribution in [3.8, 4) is 0 Å². The van der Waals surface area contributed by atoms with Crippen molar-refractivity contribution < 1.29 is 4.79 Å². The Hall–Kier alpha value is -1.37. The molecule has 1 aromatic carbocycles. The zero-order valence-electron chi connectivity index (χ0n) is 9.57. The predicted molar refractivity (Wildman–Crippen MR) is 64.9 cm³/mol.